The topological polar surface area (TPSA) is 101 Å². The molecule has 0 bridgehead atoms. The quantitative estimate of drug-likeness (QED) is 0.503. The molecular weight excluding hydrogens is 378 g/mol. The fourth-order valence-electron chi connectivity index (χ4n) is 4.14. The third-order valence-corrected chi connectivity index (χ3v) is 5.73. The molecule has 1 aromatic heterocycles. The second kappa shape index (κ2) is 8.63. The minimum atomic E-state index is -0.465. The Morgan fingerprint density at radius 1 is 1.07 bits per heavy atom. The summed E-state index contributed by atoms with van der Waals surface area (Å²) < 4.78 is 2.07. The highest BCUT2D eigenvalue weighted by atomic mass is 16.3. The summed E-state index contributed by atoms with van der Waals surface area (Å²) >= 11 is 0. The van der Waals surface area contributed by atoms with Gasteiger partial charge in [-0.25, -0.2) is 0 Å². The van der Waals surface area contributed by atoms with E-state index >= 15 is 0 Å². The van der Waals surface area contributed by atoms with Crippen LogP contribution in [0.1, 0.15) is 47.3 Å². The number of nitrogens with zero attached hydrogens (tertiary/aromatic N) is 1. The fourth-order valence-corrected chi connectivity index (χ4v) is 4.14. The highest BCUT2D eigenvalue weighted by Gasteiger charge is 2.21. The summed E-state index contributed by atoms with van der Waals surface area (Å²) in [6.45, 7) is 0. The van der Waals surface area contributed by atoms with Gasteiger partial charge in [0.1, 0.15) is 5.75 Å². The molecule has 0 aliphatic heterocycles. The standard InChI is InChI=1S/C24H27N3O3/c25-24(30)22-11-8-19(15-23(22)26-17-6-9-20(28)10-7-17)27-12-2-4-18(27)13-16-3-1-5-21(29)14-16/h1-5,8,11-12,14-15,17,20,26,28-29H,6-7,9-10,13H2,(H2,25,30)/t17-,20-. The molecule has 0 radical (unpaired) electrons. The zero-order valence-corrected chi connectivity index (χ0v) is 16.8. The number of benzene rings is 2. The number of hydrogen-bond donors (Lipinski definition) is 4. The van der Waals surface area contributed by atoms with Gasteiger partial charge in [0.2, 0.25) is 0 Å². The molecule has 0 saturated heterocycles. The van der Waals surface area contributed by atoms with Crippen LogP contribution in [0.2, 0.25) is 0 Å². The predicted molar refractivity (Wildman–Crippen MR) is 117 cm³/mol. The van der Waals surface area contributed by atoms with Crippen LogP contribution in [0.5, 0.6) is 5.75 Å². The highest BCUT2D eigenvalue weighted by molar-refractivity contribution is 5.99. The maximum absolute atomic E-state index is 12.0. The van der Waals surface area contributed by atoms with Gasteiger partial charge in [-0.15, -0.1) is 0 Å². The Kier molecular flexibility index (Phi) is 5.77. The normalized spacial score (nSPS) is 18.8. The van der Waals surface area contributed by atoms with Crippen LogP contribution in [0.15, 0.2) is 60.8 Å². The number of aromatic nitrogens is 1. The van der Waals surface area contributed by atoms with Crippen molar-refractivity contribution in [2.24, 2.45) is 5.73 Å². The lowest BCUT2D eigenvalue weighted by atomic mass is 9.92. The van der Waals surface area contributed by atoms with Crippen LogP contribution in [0.3, 0.4) is 0 Å². The lowest BCUT2D eigenvalue weighted by Gasteiger charge is -2.28. The molecule has 156 valence electrons. The van der Waals surface area contributed by atoms with Crippen molar-refractivity contribution in [3.8, 4) is 11.4 Å². The van der Waals surface area contributed by atoms with Crippen molar-refractivity contribution >= 4 is 11.6 Å². The number of nitrogens with two attached hydrogens (primary N) is 1. The number of hydrogen-bond acceptors (Lipinski definition) is 4. The molecule has 5 N–H and O–H groups in total. The average molecular weight is 405 g/mol. The van der Waals surface area contributed by atoms with Crippen LogP contribution >= 0.6 is 0 Å². The molecule has 0 spiro atoms. The van der Waals surface area contributed by atoms with Crippen molar-refractivity contribution in [2.75, 3.05) is 5.32 Å². The summed E-state index contributed by atoms with van der Waals surface area (Å²) in [5, 5.41) is 23.0. The van der Waals surface area contributed by atoms with Crippen molar-refractivity contribution in [1.82, 2.24) is 4.57 Å². The maximum Gasteiger partial charge on any atom is 0.250 e. The number of phenolic OH excluding ortho intramolecular Hbond substituents is 1. The number of amides is 1. The van der Waals surface area contributed by atoms with E-state index in [-0.39, 0.29) is 17.9 Å². The maximum atomic E-state index is 12.0. The van der Waals surface area contributed by atoms with E-state index in [4.69, 9.17) is 5.73 Å². The van der Waals surface area contributed by atoms with Crippen LogP contribution in [-0.4, -0.2) is 32.8 Å². The van der Waals surface area contributed by atoms with E-state index in [2.05, 4.69) is 9.88 Å². The SMILES string of the molecule is NC(=O)c1ccc(-n2cccc2Cc2cccc(O)c2)cc1N[C@H]1CC[C@H](O)CC1. The lowest BCUT2D eigenvalue weighted by molar-refractivity contribution is 0.100. The van der Waals surface area contributed by atoms with Gasteiger partial charge < -0.3 is 25.8 Å². The van der Waals surface area contributed by atoms with E-state index in [0.717, 1.165) is 48.3 Å². The zero-order chi connectivity index (χ0) is 21.1. The first-order chi connectivity index (χ1) is 14.5. The number of nitrogens with one attached hydrogen (secondary N) is 1. The van der Waals surface area contributed by atoms with E-state index in [1.807, 2.05) is 42.6 Å². The van der Waals surface area contributed by atoms with Crippen molar-refractivity contribution in [3.63, 3.8) is 0 Å². The molecule has 0 atom stereocenters. The number of rotatable bonds is 6. The van der Waals surface area contributed by atoms with Crippen molar-refractivity contribution in [2.45, 2.75) is 44.2 Å². The largest absolute Gasteiger partial charge is 0.508 e. The van der Waals surface area contributed by atoms with Gasteiger partial charge in [0.15, 0.2) is 0 Å². The zero-order valence-electron chi connectivity index (χ0n) is 16.8. The summed E-state index contributed by atoms with van der Waals surface area (Å²) in [5.74, 6) is -0.215. The molecule has 4 rings (SSSR count). The molecule has 1 aliphatic rings. The van der Waals surface area contributed by atoms with Crippen molar-refractivity contribution in [1.29, 1.82) is 0 Å². The molecule has 30 heavy (non-hydrogen) atoms. The van der Waals surface area contributed by atoms with E-state index in [0.29, 0.717) is 12.0 Å². The second-order valence-electron chi connectivity index (χ2n) is 7.96. The first-order valence-corrected chi connectivity index (χ1v) is 10.3. The van der Waals surface area contributed by atoms with Crippen LogP contribution < -0.4 is 11.1 Å². The smallest absolute Gasteiger partial charge is 0.250 e. The number of aliphatic hydroxyl groups is 1. The summed E-state index contributed by atoms with van der Waals surface area (Å²) in [6.07, 6.45) is 5.65. The molecule has 6 heteroatoms. The molecule has 1 amide bonds. The lowest BCUT2D eigenvalue weighted by Crippen LogP contribution is -2.29. The summed E-state index contributed by atoms with van der Waals surface area (Å²) in [7, 11) is 0. The number of aromatic hydroxyl groups is 1. The van der Waals surface area contributed by atoms with Crippen LogP contribution in [0.4, 0.5) is 5.69 Å². The van der Waals surface area contributed by atoms with Gasteiger partial charge in [0, 0.05) is 35.7 Å². The second-order valence-corrected chi connectivity index (χ2v) is 7.96. The third-order valence-electron chi connectivity index (χ3n) is 5.73. The molecule has 6 nitrogen and oxygen atoms in total. The Labute approximate surface area is 176 Å². The number of phenols is 1. The van der Waals surface area contributed by atoms with E-state index in [9.17, 15) is 15.0 Å². The first kappa shape index (κ1) is 20.0. The van der Waals surface area contributed by atoms with Gasteiger partial charge >= 0.3 is 0 Å². The fraction of sp³-hybridized carbons (Fsp3) is 0.292. The highest BCUT2D eigenvalue weighted by Crippen LogP contribution is 2.27. The Balaban J connectivity index is 1.62. The molecule has 1 aliphatic carbocycles. The minimum absolute atomic E-state index is 0.207. The Hall–Kier alpha value is -3.25. The van der Waals surface area contributed by atoms with Gasteiger partial charge in [0.05, 0.1) is 11.7 Å². The first-order valence-electron chi connectivity index (χ1n) is 10.3. The summed E-state index contributed by atoms with van der Waals surface area (Å²) in [4.78, 5) is 12.0. The number of primary amides is 1. The van der Waals surface area contributed by atoms with E-state index in [1.165, 1.54) is 0 Å². The summed E-state index contributed by atoms with van der Waals surface area (Å²) in [6, 6.07) is 17.1. The Morgan fingerprint density at radius 2 is 1.87 bits per heavy atom. The molecule has 0 unspecified atom stereocenters. The van der Waals surface area contributed by atoms with Crippen LogP contribution in [0, 0.1) is 0 Å². The molecule has 3 aromatic rings. The van der Waals surface area contributed by atoms with Gasteiger partial charge in [-0.3, -0.25) is 4.79 Å². The number of carbonyl (C=O) groups is 1. The average Bonchev–Trinajstić information content (AvgIpc) is 3.17. The number of carbonyl (C=O) groups excluding carboxylic acids is 1. The van der Waals surface area contributed by atoms with Gasteiger partial charge in [-0.05, 0) is 73.7 Å². The van der Waals surface area contributed by atoms with Gasteiger partial charge in [0.25, 0.3) is 5.91 Å². The predicted octanol–water partition coefficient (Wildman–Crippen LogP) is 3.59. The van der Waals surface area contributed by atoms with E-state index < -0.39 is 5.91 Å². The monoisotopic (exact) mass is 405 g/mol. The van der Waals surface area contributed by atoms with Crippen LogP contribution in [-0.2, 0) is 6.42 Å². The third kappa shape index (κ3) is 4.49. The minimum Gasteiger partial charge on any atom is -0.508 e. The Bertz CT molecular complexity index is 1040. The molecule has 2 aromatic carbocycles. The number of aliphatic hydroxyl groups excluding tert-OH is 1. The van der Waals surface area contributed by atoms with Gasteiger partial charge in [-0.1, -0.05) is 12.1 Å². The van der Waals surface area contributed by atoms with Crippen LogP contribution in [0.25, 0.3) is 5.69 Å². The molecule has 1 saturated carbocycles. The molecule has 1 heterocycles. The van der Waals surface area contributed by atoms with Crippen molar-refractivity contribution in [3.05, 3.63) is 77.6 Å². The molecule has 1 fully saturated rings. The molecular formula is C24H27N3O3. The van der Waals surface area contributed by atoms with E-state index in [1.54, 1.807) is 18.2 Å². The Morgan fingerprint density at radius 3 is 2.60 bits per heavy atom. The number of anilines is 1. The van der Waals surface area contributed by atoms with Crippen molar-refractivity contribution < 1.29 is 15.0 Å². The van der Waals surface area contributed by atoms with Gasteiger partial charge in [-0.2, -0.15) is 0 Å². The summed E-state index contributed by atoms with van der Waals surface area (Å²) in [5.41, 5.74) is 9.81.